The summed E-state index contributed by atoms with van der Waals surface area (Å²) in [6.45, 7) is 4.72. The normalized spacial score (nSPS) is 13.0. The van der Waals surface area contributed by atoms with E-state index < -0.39 is 0 Å². The number of hydrogen-bond donors (Lipinski definition) is 1. The molecule has 0 saturated heterocycles. The fourth-order valence-corrected chi connectivity index (χ4v) is 6.94. The molecule has 0 heterocycles. The standard InChI is InChI=1S/C43H33N/c1-43(2)40-26-33(36-19-11-17-30-16-9-10-18-35(30)36)21-24-38(40)39-25-22-34(28-41(39)43)44-42-27-32(29-12-5-3-6-13-29)20-23-37(42)31-14-7-4-8-15-31/h3-28,44H,1-2H3. The van der Waals surface area contributed by atoms with Gasteiger partial charge in [0.05, 0.1) is 0 Å². The molecule has 0 fully saturated rings. The van der Waals surface area contributed by atoms with Crippen molar-refractivity contribution in [2.45, 2.75) is 19.3 Å². The zero-order chi connectivity index (χ0) is 29.7. The zero-order valence-corrected chi connectivity index (χ0v) is 25.0. The van der Waals surface area contributed by atoms with E-state index >= 15 is 0 Å². The number of hydrogen-bond acceptors (Lipinski definition) is 1. The van der Waals surface area contributed by atoms with E-state index in [9.17, 15) is 0 Å². The molecular formula is C43H33N. The molecule has 210 valence electrons. The molecule has 0 spiro atoms. The van der Waals surface area contributed by atoms with Gasteiger partial charge in [-0.2, -0.15) is 0 Å². The fraction of sp³-hybridized carbons (Fsp3) is 0.0698. The van der Waals surface area contributed by atoms with E-state index in [0.29, 0.717) is 0 Å². The number of rotatable bonds is 5. The van der Waals surface area contributed by atoms with E-state index in [4.69, 9.17) is 0 Å². The minimum atomic E-state index is -0.128. The smallest absolute Gasteiger partial charge is 0.0470 e. The van der Waals surface area contributed by atoms with Crippen molar-refractivity contribution in [3.8, 4) is 44.5 Å². The summed E-state index contributed by atoms with van der Waals surface area (Å²) in [5.41, 5.74) is 14.8. The molecule has 1 aliphatic carbocycles. The third-order valence-electron chi connectivity index (χ3n) is 9.27. The van der Waals surface area contributed by atoms with Gasteiger partial charge in [0.1, 0.15) is 0 Å². The van der Waals surface area contributed by atoms with Crippen LogP contribution in [0.1, 0.15) is 25.0 Å². The summed E-state index contributed by atoms with van der Waals surface area (Å²) in [7, 11) is 0. The molecule has 7 aromatic rings. The molecule has 0 unspecified atom stereocenters. The Labute approximate surface area is 259 Å². The molecular weight excluding hydrogens is 530 g/mol. The second kappa shape index (κ2) is 10.4. The summed E-state index contributed by atoms with van der Waals surface area (Å²) in [6, 6.07) is 57.2. The Morgan fingerprint density at radius 1 is 0.409 bits per heavy atom. The van der Waals surface area contributed by atoms with Crippen LogP contribution in [0.4, 0.5) is 11.4 Å². The Kier molecular flexibility index (Phi) is 6.20. The van der Waals surface area contributed by atoms with Gasteiger partial charge in [-0.25, -0.2) is 0 Å². The van der Waals surface area contributed by atoms with Crippen LogP contribution >= 0.6 is 0 Å². The van der Waals surface area contributed by atoms with Crippen molar-refractivity contribution in [1.82, 2.24) is 0 Å². The molecule has 1 nitrogen and oxygen atoms in total. The van der Waals surface area contributed by atoms with Crippen molar-refractivity contribution in [1.29, 1.82) is 0 Å². The number of anilines is 2. The van der Waals surface area contributed by atoms with Crippen molar-refractivity contribution in [3.05, 3.63) is 169 Å². The van der Waals surface area contributed by atoms with Gasteiger partial charge < -0.3 is 5.32 Å². The Hall–Kier alpha value is -5.40. The van der Waals surface area contributed by atoms with Crippen molar-refractivity contribution in [2.75, 3.05) is 5.32 Å². The second-order valence-electron chi connectivity index (χ2n) is 12.3. The van der Waals surface area contributed by atoms with Crippen molar-refractivity contribution in [3.63, 3.8) is 0 Å². The second-order valence-corrected chi connectivity index (χ2v) is 12.3. The molecule has 0 aromatic heterocycles. The zero-order valence-electron chi connectivity index (χ0n) is 25.0. The average molecular weight is 564 g/mol. The van der Waals surface area contributed by atoms with E-state index in [1.54, 1.807) is 0 Å². The molecule has 0 bridgehead atoms. The highest BCUT2D eigenvalue weighted by Gasteiger charge is 2.36. The molecule has 1 N–H and O–H groups in total. The Morgan fingerprint density at radius 2 is 1.02 bits per heavy atom. The van der Waals surface area contributed by atoms with Crippen molar-refractivity contribution < 1.29 is 0 Å². The maximum Gasteiger partial charge on any atom is 0.0470 e. The summed E-state index contributed by atoms with van der Waals surface area (Å²) < 4.78 is 0. The molecule has 0 aliphatic heterocycles. The van der Waals surface area contributed by atoms with Crippen LogP contribution < -0.4 is 5.32 Å². The van der Waals surface area contributed by atoms with E-state index in [0.717, 1.165) is 11.4 Å². The molecule has 0 radical (unpaired) electrons. The van der Waals surface area contributed by atoms with Crippen LogP contribution in [-0.4, -0.2) is 0 Å². The van der Waals surface area contributed by atoms with Crippen LogP contribution in [0.25, 0.3) is 55.3 Å². The SMILES string of the molecule is CC1(C)c2cc(Nc3cc(-c4ccccc4)ccc3-c3ccccc3)ccc2-c2ccc(-c3cccc4ccccc34)cc21. The monoisotopic (exact) mass is 563 g/mol. The Morgan fingerprint density at radius 3 is 1.82 bits per heavy atom. The molecule has 0 amide bonds. The van der Waals surface area contributed by atoms with Gasteiger partial charge in [0.2, 0.25) is 0 Å². The molecule has 1 aliphatic rings. The average Bonchev–Trinajstić information content (AvgIpc) is 3.30. The van der Waals surface area contributed by atoms with Gasteiger partial charge in [-0.15, -0.1) is 0 Å². The minimum Gasteiger partial charge on any atom is -0.355 e. The van der Waals surface area contributed by atoms with Crippen molar-refractivity contribution >= 4 is 22.1 Å². The van der Waals surface area contributed by atoms with Crippen LogP contribution in [0.3, 0.4) is 0 Å². The summed E-state index contributed by atoms with van der Waals surface area (Å²) in [4.78, 5) is 0. The first-order valence-corrected chi connectivity index (χ1v) is 15.4. The van der Waals surface area contributed by atoms with E-state index in [1.165, 1.54) is 66.4 Å². The summed E-state index contributed by atoms with van der Waals surface area (Å²) >= 11 is 0. The van der Waals surface area contributed by atoms with E-state index in [2.05, 4.69) is 177 Å². The maximum atomic E-state index is 3.83. The van der Waals surface area contributed by atoms with Gasteiger partial charge in [-0.05, 0) is 85.1 Å². The Bertz CT molecular complexity index is 2150. The molecule has 0 atom stereocenters. The predicted molar refractivity (Wildman–Crippen MR) is 188 cm³/mol. The van der Waals surface area contributed by atoms with Gasteiger partial charge in [-0.3, -0.25) is 0 Å². The third kappa shape index (κ3) is 4.41. The van der Waals surface area contributed by atoms with Gasteiger partial charge in [0, 0.05) is 22.4 Å². The van der Waals surface area contributed by atoms with Crippen LogP contribution in [0.15, 0.2) is 158 Å². The first-order valence-electron chi connectivity index (χ1n) is 15.4. The Balaban J connectivity index is 1.19. The van der Waals surface area contributed by atoms with E-state index in [1.807, 2.05) is 0 Å². The van der Waals surface area contributed by atoms with Gasteiger partial charge >= 0.3 is 0 Å². The van der Waals surface area contributed by atoms with Gasteiger partial charge in [0.25, 0.3) is 0 Å². The topological polar surface area (TPSA) is 12.0 Å². The first kappa shape index (κ1) is 26.2. The molecule has 8 rings (SSSR count). The highest BCUT2D eigenvalue weighted by atomic mass is 14.9. The lowest BCUT2D eigenvalue weighted by atomic mass is 9.81. The summed E-state index contributed by atoms with van der Waals surface area (Å²) in [6.07, 6.45) is 0. The maximum absolute atomic E-state index is 3.83. The molecule has 0 saturated carbocycles. The van der Waals surface area contributed by atoms with Crippen LogP contribution in [0.2, 0.25) is 0 Å². The quantitative estimate of drug-likeness (QED) is 0.220. The number of fused-ring (bicyclic) bond motifs is 4. The predicted octanol–water partition coefficient (Wildman–Crippen LogP) is 11.9. The van der Waals surface area contributed by atoms with Crippen molar-refractivity contribution in [2.24, 2.45) is 0 Å². The lowest BCUT2D eigenvalue weighted by Gasteiger charge is -2.23. The van der Waals surface area contributed by atoms with Crippen LogP contribution in [0.5, 0.6) is 0 Å². The molecule has 44 heavy (non-hydrogen) atoms. The number of nitrogens with one attached hydrogen (secondary N) is 1. The van der Waals surface area contributed by atoms with Gasteiger partial charge in [-0.1, -0.05) is 147 Å². The highest BCUT2D eigenvalue weighted by Crippen LogP contribution is 2.51. The lowest BCUT2D eigenvalue weighted by Crippen LogP contribution is -2.15. The summed E-state index contributed by atoms with van der Waals surface area (Å²) in [5, 5.41) is 6.40. The molecule has 7 aromatic carbocycles. The van der Waals surface area contributed by atoms with E-state index in [-0.39, 0.29) is 5.41 Å². The fourth-order valence-electron chi connectivity index (χ4n) is 6.94. The summed E-state index contributed by atoms with van der Waals surface area (Å²) in [5.74, 6) is 0. The van der Waals surface area contributed by atoms with Crippen LogP contribution in [-0.2, 0) is 5.41 Å². The largest absolute Gasteiger partial charge is 0.355 e. The lowest BCUT2D eigenvalue weighted by molar-refractivity contribution is 0.661. The highest BCUT2D eigenvalue weighted by molar-refractivity contribution is 5.98. The van der Waals surface area contributed by atoms with Crippen LogP contribution in [0, 0.1) is 0 Å². The first-order chi connectivity index (χ1) is 21.6. The molecule has 1 heteroatoms. The minimum absolute atomic E-state index is 0.128. The number of benzene rings is 7. The van der Waals surface area contributed by atoms with Gasteiger partial charge in [0.15, 0.2) is 0 Å². The third-order valence-corrected chi connectivity index (χ3v) is 9.27.